The summed E-state index contributed by atoms with van der Waals surface area (Å²) in [5, 5.41) is 3.99. The summed E-state index contributed by atoms with van der Waals surface area (Å²) in [5.74, 6) is -0.0209. The van der Waals surface area contributed by atoms with Crippen molar-refractivity contribution in [1.29, 1.82) is 0 Å². The van der Waals surface area contributed by atoms with E-state index in [2.05, 4.69) is 20.9 Å². The van der Waals surface area contributed by atoms with Gasteiger partial charge in [0, 0.05) is 24.7 Å². The van der Waals surface area contributed by atoms with Gasteiger partial charge in [-0.1, -0.05) is 6.42 Å². The SMILES string of the molecule is CNC(=O)c1ccc([C@@H]2CCCCN2Cc2nc3c(s2)CCC3)n1C. The number of thiazole rings is 1. The van der Waals surface area contributed by atoms with Gasteiger partial charge >= 0.3 is 0 Å². The maximum absolute atomic E-state index is 12.0. The Morgan fingerprint density at radius 1 is 1.32 bits per heavy atom. The van der Waals surface area contributed by atoms with Gasteiger partial charge in [0.1, 0.15) is 10.7 Å². The van der Waals surface area contributed by atoms with Crippen molar-refractivity contribution in [2.24, 2.45) is 7.05 Å². The normalized spacial score (nSPS) is 20.6. The van der Waals surface area contributed by atoms with Gasteiger partial charge in [-0.3, -0.25) is 9.69 Å². The number of fused-ring (bicyclic) bond motifs is 1. The quantitative estimate of drug-likeness (QED) is 0.914. The van der Waals surface area contributed by atoms with Gasteiger partial charge in [-0.25, -0.2) is 4.98 Å². The number of piperidine rings is 1. The molecule has 1 saturated heterocycles. The van der Waals surface area contributed by atoms with Crippen molar-refractivity contribution < 1.29 is 4.79 Å². The van der Waals surface area contributed by atoms with E-state index in [9.17, 15) is 4.79 Å². The van der Waals surface area contributed by atoms with Crippen molar-refractivity contribution in [3.63, 3.8) is 0 Å². The summed E-state index contributed by atoms with van der Waals surface area (Å²) in [4.78, 5) is 21.0. The zero-order valence-electron chi connectivity index (χ0n) is 15.0. The van der Waals surface area contributed by atoms with Crippen molar-refractivity contribution >= 4 is 17.2 Å². The van der Waals surface area contributed by atoms with Crippen LogP contribution in [-0.2, 0) is 26.4 Å². The minimum absolute atomic E-state index is 0.0209. The van der Waals surface area contributed by atoms with Crippen LogP contribution in [0.25, 0.3) is 0 Å². The molecule has 25 heavy (non-hydrogen) atoms. The van der Waals surface area contributed by atoms with Gasteiger partial charge in [-0.15, -0.1) is 11.3 Å². The van der Waals surface area contributed by atoms with E-state index in [1.807, 2.05) is 24.5 Å². The molecule has 2 aliphatic rings. The van der Waals surface area contributed by atoms with Gasteiger partial charge in [-0.05, 0) is 50.8 Å². The van der Waals surface area contributed by atoms with Gasteiger partial charge in [0.05, 0.1) is 18.3 Å². The number of hydrogen-bond acceptors (Lipinski definition) is 4. The number of carbonyl (C=O) groups is 1. The molecule has 0 spiro atoms. The highest BCUT2D eigenvalue weighted by atomic mass is 32.1. The molecule has 1 aliphatic heterocycles. The fraction of sp³-hybridized carbons (Fsp3) is 0.579. The molecule has 2 aromatic rings. The third-order valence-electron chi connectivity index (χ3n) is 5.55. The van der Waals surface area contributed by atoms with E-state index in [4.69, 9.17) is 4.98 Å². The molecular weight excluding hydrogens is 332 g/mol. The number of amides is 1. The van der Waals surface area contributed by atoms with Crippen LogP contribution < -0.4 is 5.32 Å². The van der Waals surface area contributed by atoms with Crippen LogP contribution in [0, 0.1) is 0 Å². The topological polar surface area (TPSA) is 50.2 Å². The van der Waals surface area contributed by atoms with E-state index >= 15 is 0 Å². The van der Waals surface area contributed by atoms with E-state index < -0.39 is 0 Å². The molecule has 0 radical (unpaired) electrons. The molecule has 1 aliphatic carbocycles. The Morgan fingerprint density at radius 3 is 3.00 bits per heavy atom. The van der Waals surface area contributed by atoms with Crippen LogP contribution >= 0.6 is 11.3 Å². The van der Waals surface area contributed by atoms with Crippen molar-refractivity contribution in [3.8, 4) is 0 Å². The Balaban J connectivity index is 1.56. The lowest BCUT2D eigenvalue weighted by Gasteiger charge is -2.35. The van der Waals surface area contributed by atoms with Crippen molar-refractivity contribution in [2.75, 3.05) is 13.6 Å². The van der Waals surface area contributed by atoms with Crippen LogP contribution in [0.4, 0.5) is 0 Å². The highest BCUT2D eigenvalue weighted by molar-refractivity contribution is 7.11. The van der Waals surface area contributed by atoms with Crippen molar-refractivity contribution in [1.82, 2.24) is 19.8 Å². The predicted octanol–water partition coefficient (Wildman–Crippen LogP) is 3.06. The molecule has 4 rings (SSSR count). The lowest BCUT2D eigenvalue weighted by atomic mass is 9.99. The molecule has 1 N–H and O–H groups in total. The molecule has 1 atom stereocenters. The van der Waals surface area contributed by atoms with Gasteiger partial charge in [0.25, 0.3) is 5.91 Å². The first-order chi connectivity index (χ1) is 12.2. The number of nitrogens with one attached hydrogen (secondary N) is 1. The van der Waals surface area contributed by atoms with Crippen LogP contribution in [0.1, 0.15) is 63.5 Å². The minimum Gasteiger partial charge on any atom is -0.354 e. The number of aromatic nitrogens is 2. The third kappa shape index (κ3) is 3.13. The van der Waals surface area contributed by atoms with E-state index in [1.165, 1.54) is 47.0 Å². The molecule has 1 amide bonds. The lowest BCUT2D eigenvalue weighted by Crippen LogP contribution is -2.34. The van der Waals surface area contributed by atoms with Crippen LogP contribution in [0.15, 0.2) is 12.1 Å². The van der Waals surface area contributed by atoms with E-state index in [-0.39, 0.29) is 5.91 Å². The number of nitrogens with zero attached hydrogens (tertiary/aromatic N) is 3. The van der Waals surface area contributed by atoms with E-state index in [1.54, 1.807) is 7.05 Å². The van der Waals surface area contributed by atoms with Gasteiger partial charge < -0.3 is 9.88 Å². The largest absolute Gasteiger partial charge is 0.354 e. The average Bonchev–Trinajstić information content (AvgIpc) is 3.30. The first kappa shape index (κ1) is 16.8. The average molecular weight is 359 g/mol. The summed E-state index contributed by atoms with van der Waals surface area (Å²) in [6, 6.07) is 4.43. The van der Waals surface area contributed by atoms with Crippen molar-refractivity contribution in [3.05, 3.63) is 39.1 Å². The molecule has 134 valence electrons. The standard InChI is InChI=1S/C19H26N4OS/c1-20-19(24)16-10-9-14(22(16)2)15-7-3-4-11-23(15)12-18-21-13-6-5-8-17(13)25-18/h9-10,15H,3-8,11-12H2,1-2H3,(H,20,24)/t15-/m0/s1. The minimum atomic E-state index is -0.0209. The summed E-state index contributed by atoms with van der Waals surface area (Å²) < 4.78 is 2.06. The fourth-order valence-corrected chi connectivity index (χ4v) is 5.40. The summed E-state index contributed by atoms with van der Waals surface area (Å²) >= 11 is 1.91. The third-order valence-corrected chi connectivity index (χ3v) is 6.70. The van der Waals surface area contributed by atoms with E-state index in [0.29, 0.717) is 6.04 Å². The lowest BCUT2D eigenvalue weighted by molar-refractivity contribution is 0.0952. The number of hydrogen-bond donors (Lipinski definition) is 1. The molecule has 0 bridgehead atoms. The maximum atomic E-state index is 12.0. The Morgan fingerprint density at radius 2 is 2.20 bits per heavy atom. The molecule has 3 heterocycles. The van der Waals surface area contributed by atoms with Gasteiger partial charge in [0.2, 0.25) is 0 Å². The Bertz CT molecular complexity index is 757. The predicted molar refractivity (Wildman–Crippen MR) is 99.9 cm³/mol. The van der Waals surface area contributed by atoms with Crippen LogP contribution in [0.5, 0.6) is 0 Å². The summed E-state index contributed by atoms with van der Waals surface area (Å²) in [6.07, 6.45) is 7.28. The molecule has 5 nitrogen and oxygen atoms in total. The fourth-order valence-electron chi connectivity index (χ4n) is 4.22. The van der Waals surface area contributed by atoms with E-state index in [0.717, 1.165) is 31.6 Å². The second-order valence-electron chi connectivity index (χ2n) is 7.09. The molecule has 2 aromatic heterocycles. The number of aryl methyl sites for hydroxylation is 2. The van der Waals surface area contributed by atoms with Crippen molar-refractivity contribution in [2.45, 2.75) is 51.1 Å². The monoisotopic (exact) mass is 358 g/mol. The highest BCUT2D eigenvalue weighted by Crippen LogP contribution is 2.35. The Labute approximate surface area is 153 Å². The smallest absolute Gasteiger partial charge is 0.267 e. The van der Waals surface area contributed by atoms with Crippen LogP contribution in [0.3, 0.4) is 0 Å². The molecule has 0 aromatic carbocycles. The zero-order chi connectivity index (χ0) is 17.4. The first-order valence-corrected chi connectivity index (χ1v) is 10.1. The molecule has 6 heteroatoms. The summed E-state index contributed by atoms with van der Waals surface area (Å²) in [6.45, 7) is 2.04. The van der Waals surface area contributed by atoms with Gasteiger partial charge in [0.15, 0.2) is 0 Å². The maximum Gasteiger partial charge on any atom is 0.267 e. The first-order valence-electron chi connectivity index (χ1n) is 9.26. The molecule has 0 saturated carbocycles. The van der Waals surface area contributed by atoms with Crippen LogP contribution in [-0.4, -0.2) is 34.0 Å². The number of rotatable bonds is 4. The number of carbonyl (C=O) groups excluding carboxylic acids is 1. The second kappa shape index (κ2) is 6.92. The summed E-state index contributed by atoms with van der Waals surface area (Å²) in [7, 11) is 3.69. The Kier molecular flexibility index (Phi) is 4.65. The Hall–Kier alpha value is -1.66. The second-order valence-corrected chi connectivity index (χ2v) is 8.26. The molecular formula is C19H26N4OS. The number of likely N-dealkylation sites (tertiary alicyclic amines) is 1. The molecule has 0 unspecified atom stereocenters. The zero-order valence-corrected chi connectivity index (χ0v) is 15.9. The molecule has 1 fully saturated rings. The van der Waals surface area contributed by atoms with Gasteiger partial charge in [-0.2, -0.15) is 0 Å². The highest BCUT2D eigenvalue weighted by Gasteiger charge is 2.28. The van der Waals surface area contributed by atoms with Crippen LogP contribution in [0.2, 0.25) is 0 Å². The summed E-state index contributed by atoms with van der Waals surface area (Å²) in [5.41, 5.74) is 3.31.